The highest BCUT2D eigenvalue weighted by molar-refractivity contribution is 7.80. The van der Waals surface area contributed by atoms with Gasteiger partial charge in [0, 0.05) is 0 Å². The summed E-state index contributed by atoms with van der Waals surface area (Å²) in [6.45, 7) is 5.44. The van der Waals surface area contributed by atoms with Crippen LogP contribution in [-0.4, -0.2) is 12.3 Å². The van der Waals surface area contributed by atoms with Crippen molar-refractivity contribution in [2.75, 3.05) is 12.3 Å². The van der Waals surface area contributed by atoms with E-state index in [1.54, 1.807) is 0 Å². The van der Waals surface area contributed by atoms with Gasteiger partial charge in [0.05, 0.1) is 0 Å². The Labute approximate surface area is 211 Å². The van der Waals surface area contributed by atoms with Crippen molar-refractivity contribution < 1.29 is 0 Å². The predicted octanol–water partition coefficient (Wildman–Crippen LogP) is 11.0. The average Bonchev–Trinajstić information content (AvgIpc) is 2.81. The summed E-state index contributed by atoms with van der Waals surface area (Å²) in [6, 6.07) is 0. The fourth-order valence-corrected chi connectivity index (χ4v) is 4.52. The fourth-order valence-electron chi connectivity index (χ4n) is 4.29. The number of unbranched alkanes of at least 4 members (excludes halogenated alkanes) is 24. The van der Waals surface area contributed by atoms with E-state index in [9.17, 15) is 0 Å². The Morgan fingerprint density at radius 3 is 0.781 bits per heavy atom. The van der Waals surface area contributed by atoms with Crippen molar-refractivity contribution in [3.63, 3.8) is 0 Å². The number of nitrogens with two attached hydrogens (primary N) is 1. The van der Waals surface area contributed by atoms with Gasteiger partial charge in [-0.1, -0.05) is 168 Å². The van der Waals surface area contributed by atoms with Crippen LogP contribution in [0.3, 0.4) is 0 Å². The number of hydrogen-bond donors (Lipinski definition) is 2. The predicted molar refractivity (Wildman–Crippen MR) is 154 cm³/mol. The van der Waals surface area contributed by atoms with Crippen LogP contribution < -0.4 is 5.73 Å². The molecule has 0 rings (SSSR count). The molecule has 0 aliphatic carbocycles. The Bertz CT molecular complexity index is 256. The van der Waals surface area contributed by atoms with Crippen molar-refractivity contribution in [3.05, 3.63) is 0 Å². The molecule has 32 heavy (non-hydrogen) atoms. The topological polar surface area (TPSA) is 26.0 Å². The molecule has 0 saturated carbocycles. The van der Waals surface area contributed by atoms with E-state index in [1.807, 2.05) is 0 Å². The molecule has 196 valence electrons. The van der Waals surface area contributed by atoms with Crippen LogP contribution >= 0.6 is 12.6 Å². The van der Waals surface area contributed by atoms with Crippen LogP contribution in [-0.2, 0) is 0 Å². The second-order valence-corrected chi connectivity index (χ2v) is 10.4. The third-order valence-electron chi connectivity index (χ3n) is 6.57. The Kier molecular flexibility index (Phi) is 38.7. The highest BCUT2D eigenvalue weighted by Gasteiger charge is 1.94. The first-order chi connectivity index (χ1) is 15.8. The summed E-state index contributed by atoms with van der Waals surface area (Å²) in [6.07, 6.45) is 37.0. The highest BCUT2D eigenvalue weighted by atomic mass is 32.1. The molecule has 0 saturated heterocycles. The molecule has 0 spiro atoms. The quantitative estimate of drug-likeness (QED) is 0.0951. The third kappa shape index (κ3) is 37.6. The fraction of sp³-hybridized carbons (Fsp3) is 1.00. The van der Waals surface area contributed by atoms with Gasteiger partial charge in [-0.05, 0) is 25.1 Å². The minimum absolute atomic E-state index is 0.873. The zero-order chi connectivity index (χ0) is 23.8. The lowest BCUT2D eigenvalue weighted by Gasteiger charge is -2.02. The number of rotatable bonds is 26. The summed E-state index contributed by atoms with van der Waals surface area (Å²) >= 11 is 4.22. The molecular formula is C30H65NS. The Balaban J connectivity index is 0. The molecule has 2 N–H and O–H groups in total. The zero-order valence-corrected chi connectivity index (χ0v) is 23.7. The molecule has 0 aliphatic rings. The van der Waals surface area contributed by atoms with Crippen molar-refractivity contribution in [1.29, 1.82) is 0 Å². The van der Waals surface area contributed by atoms with Crippen molar-refractivity contribution in [3.8, 4) is 0 Å². The molecule has 2 heteroatoms. The van der Waals surface area contributed by atoms with E-state index in [0.29, 0.717) is 0 Å². The van der Waals surface area contributed by atoms with Gasteiger partial charge in [-0.15, -0.1) is 0 Å². The van der Waals surface area contributed by atoms with Gasteiger partial charge in [0.25, 0.3) is 0 Å². The van der Waals surface area contributed by atoms with Crippen LogP contribution in [0.4, 0.5) is 0 Å². The molecule has 0 fully saturated rings. The van der Waals surface area contributed by atoms with E-state index in [2.05, 4.69) is 26.5 Å². The molecule has 0 unspecified atom stereocenters. The number of hydrogen-bond acceptors (Lipinski definition) is 2. The van der Waals surface area contributed by atoms with Crippen LogP contribution in [0, 0.1) is 0 Å². The van der Waals surface area contributed by atoms with Crippen molar-refractivity contribution in [2.24, 2.45) is 5.73 Å². The average molecular weight is 472 g/mol. The van der Waals surface area contributed by atoms with Crippen molar-refractivity contribution >= 4 is 12.6 Å². The van der Waals surface area contributed by atoms with Gasteiger partial charge in [-0.3, -0.25) is 0 Å². The third-order valence-corrected chi connectivity index (χ3v) is 6.89. The second-order valence-electron chi connectivity index (χ2n) is 10.00. The molecule has 0 aromatic carbocycles. The van der Waals surface area contributed by atoms with E-state index in [-0.39, 0.29) is 0 Å². The molecule has 0 aromatic heterocycles. The first kappa shape index (κ1) is 34.5. The molecule has 0 atom stereocenters. The minimum Gasteiger partial charge on any atom is -0.330 e. The maximum absolute atomic E-state index is 5.47. The molecule has 0 radical (unpaired) electrons. The van der Waals surface area contributed by atoms with Crippen LogP contribution in [0.15, 0.2) is 0 Å². The lowest BCUT2D eigenvalue weighted by Crippen LogP contribution is -1.97. The van der Waals surface area contributed by atoms with E-state index >= 15 is 0 Å². The summed E-state index contributed by atoms with van der Waals surface area (Å²) in [5.41, 5.74) is 5.47. The Morgan fingerprint density at radius 2 is 0.562 bits per heavy atom. The maximum Gasteiger partial charge on any atom is -0.00773 e. The lowest BCUT2D eigenvalue weighted by atomic mass is 10.0. The van der Waals surface area contributed by atoms with Gasteiger partial charge in [0.2, 0.25) is 0 Å². The van der Waals surface area contributed by atoms with E-state index in [0.717, 1.165) is 12.3 Å². The molecule has 0 heterocycles. The smallest absolute Gasteiger partial charge is 0.00773 e. The molecular weight excluding hydrogens is 406 g/mol. The van der Waals surface area contributed by atoms with Gasteiger partial charge < -0.3 is 5.73 Å². The first-order valence-corrected chi connectivity index (χ1v) is 15.8. The van der Waals surface area contributed by atoms with Gasteiger partial charge >= 0.3 is 0 Å². The lowest BCUT2D eigenvalue weighted by molar-refractivity contribution is 0.536. The Morgan fingerprint density at radius 1 is 0.344 bits per heavy atom. The van der Waals surface area contributed by atoms with Crippen LogP contribution in [0.5, 0.6) is 0 Å². The van der Waals surface area contributed by atoms with E-state index < -0.39 is 0 Å². The molecule has 0 aromatic rings. The molecule has 1 nitrogen and oxygen atoms in total. The number of thiol groups is 1. The van der Waals surface area contributed by atoms with Gasteiger partial charge in [-0.2, -0.15) is 12.6 Å². The van der Waals surface area contributed by atoms with E-state index in [4.69, 9.17) is 5.73 Å². The monoisotopic (exact) mass is 471 g/mol. The normalized spacial score (nSPS) is 10.9. The highest BCUT2D eigenvalue weighted by Crippen LogP contribution is 2.13. The maximum atomic E-state index is 5.47. The SMILES string of the molecule is CCCCCCCCCCCCCCCCN.CCCCCCCCCCCCCCS. The standard InChI is InChI=1S/C16H35N.C14H30S/c1-2-3-4-5-6-7-8-9-10-11-12-13-14-15-16-17;1-2-3-4-5-6-7-8-9-10-11-12-13-14-15/h2-17H2,1H3;15H,2-14H2,1H3. The van der Waals surface area contributed by atoms with Crippen molar-refractivity contribution in [1.82, 2.24) is 0 Å². The molecule has 0 amide bonds. The Hall–Kier alpha value is 0.310. The summed E-state index contributed by atoms with van der Waals surface area (Å²) in [4.78, 5) is 0. The van der Waals surface area contributed by atoms with Crippen LogP contribution in [0.25, 0.3) is 0 Å². The minimum atomic E-state index is 0.873. The van der Waals surface area contributed by atoms with E-state index in [1.165, 1.54) is 167 Å². The second kappa shape index (κ2) is 35.9. The van der Waals surface area contributed by atoms with Crippen molar-refractivity contribution in [2.45, 2.75) is 181 Å². The molecule has 0 bridgehead atoms. The van der Waals surface area contributed by atoms with Gasteiger partial charge in [-0.25, -0.2) is 0 Å². The van der Waals surface area contributed by atoms with Crippen LogP contribution in [0.1, 0.15) is 181 Å². The summed E-state index contributed by atoms with van der Waals surface area (Å²) in [7, 11) is 0. The van der Waals surface area contributed by atoms with Gasteiger partial charge in [0.1, 0.15) is 0 Å². The largest absolute Gasteiger partial charge is 0.330 e. The summed E-state index contributed by atoms with van der Waals surface area (Å²) < 4.78 is 0. The molecule has 0 aliphatic heterocycles. The van der Waals surface area contributed by atoms with Crippen LogP contribution in [0.2, 0.25) is 0 Å². The first-order valence-electron chi connectivity index (χ1n) is 15.1. The van der Waals surface area contributed by atoms with Gasteiger partial charge in [0.15, 0.2) is 0 Å². The summed E-state index contributed by atoms with van der Waals surface area (Å²) in [5.74, 6) is 1.07. The summed E-state index contributed by atoms with van der Waals surface area (Å²) in [5, 5.41) is 0. The zero-order valence-electron chi connectivity index (χ0n) is 22.8.